The van der Waals surface area contributed by atoms with Crippen LogP contribution in [0, 0.1) is 0 Å². The van der Waals surface area contributed by atoms with Crippen molar-refractivity contribution < 1.29 is 24.2 Å². The van der Waals surface area contributed by atoms with Gasteiger partial charge in [0.15, 0.2) is 0 Å². The summed E-state index contributed by atoms with van der Waals surface area (Å²) in [5, 5.41) is 9.03. The number of anilines is 1. The quantitative estimate of drug-likeness (QED) is 0.603. The Kier molecular flexibility index (Phi) is 7.34. The number of carboxylic acid groups (broad SMARTS) is 1. The first kappa shape index (κ1) is 23.7. The van der Waals surface area contributed by atoms with E-state index < -0.39 is 12.5 Å². The van der Waals surface area contributed by atoms with Gasteiger partial charge in [-0.25, -0.2) is 0 Å². The molecule has 2 amide bonds. The molecule has 4 rings (SSSR count). The van der Waals surface area contributed by atoms with Crippen molar-refractivity contribution in [1.82, 2.24) is 9.80 Å². The predicted octanol–water partition coefficient (Wildman–Crippen LogP) is 2.30. The Balaban J connectivity index is 1.46. The Hall–Kier alpha value is -2.45. The third kappa shape index (κ3) is 5.38. The summed E-state index contributed by atoms with van der Waals surface area (Å²) in [5.41, 5.74) is 1.24. The fraction of sp³-hybridized carbons (Fsp3) is 0.640. The van der Waals surface area contributed by atoms with Crippen molar-refractivity contribution in [2.75, 3.05) is 38.2 Å². The van der Waals surface area contributed by atoms with E-state index in [0.29, 0.717) is 18.1 Å². The molecule has 0 unspecified atom stereocenters. The topological polar surface area (TPSA) is 90.4 Å². The molecule has 0 bridgehead atoms. The first-order valence-corrected chi connectivity index (χ1v) is 12.1. The largest absolute Gasteiger partial charge is 0.480 e. The summed E-state index contributed by atoms with van der Waals surface area (Å²) in [7, 11) is 1.91. The van der Waals surface area contributed by atoms with Gasteiger partial charge in [-0.1, -0.05) is 12.1 Å². The van der Waals surface area contributed by atoms with Crippen LogP contribution in [-0.2, 0) is 25.5 Å². The second-order valence-corrected chi connectivity index (χ2v) is 9.73. The predicted molar refractivity (Wildman–Crippen MR) is 124 cm³/mol. The van der Waals surface area contributed by atoms with Crippen LogP contribution in [0.3, 0.4) is 0 Å². The van der Waals surface area contributed by atoms with Gasteiger partial charge in [-0.3, -0.25) is 19.3 Å². The number of carbonyl (C=O) groups is 3. The minimum atomic E-state index is -1.09. The summed E-state index contributed by atoms with van der Waals surface area (Å²) in [6, 6.07) is 7.49. The zero-order valence-electron chi connectivity index (χ0n) is 19.4. The normalized spacial score (nSPS) is 27.5. The van der Waals surface area contributed by atoms with Crippen LogP contribution in [0.2, 0.25) is 0 Å². The second kappa shape index (κ2) is 10.2. The standard InChI is InChI=1S/C25H35N3O5/c1-26(23(30)15-19-6-4-7-20(14-19)28(18-29)17-24(31)32)21-8-10-25(9-5-13-33-25)16-22(21)27-11-2-3-12-27/h4,6-7,14,18,21-22H,2-3,5,8-13,15-17H2,1H3,(H,31,32)/t21-,22-,25-/m1/s1. The summed E-state index contributed by atoms with van der Waals surface area (Å²) < 4.78 is 6.22. The van der Waals surface area contributed by atoms with Crippen LogP contribution >= 0.6 is 0 Å². The minimum absolute atomic E-state index is 0.00952. The number of ether oxygens (including phenoxy) is 1. The molecule has 1 aromatic rings. The van der Waals surface area contributed by atoms with Crippen molar-refractivity contribution in [1.29, 1.82) is 0 Å². The van der Waals surface area contributed by atoms with Gasteiger partial charge < -0.3 is 19.6 Å². The summed E-state index contributed by atoms with van der Waals surface area (Å²) in [4.78, 5) is 41.3. The molecule has 3 fully saturated rings. The number of rotatable bonds is 8. The maximum absolute atomic E-state index is 13.3. The van der Waals surface area contributed by atoms with E-state index in [1.165, 1.54) is 12.8 Å². The molecule has 1 aromatic carbocycles. The smallest absolute Gasteiger partial charge is 0.323 e. The van der Waals surface area contributed by atoms with E-state index in [0.717, 1.165) is 62.3 Å². The summed E-state index contributed by atoms with van der Waals surface area (Å²) in [5.74, 6) is -1.04. The van der Waals surface area contributed by atoms with Crippen LogP contribution in [0.15, 0.2) is 24.3 Å². The highest BCUT2D eigenvalue weighted by Gasteiger charge is 2.47. The summed E-state index contributed by atoms with van der Waals surface area (Å²) in [6.07, 6.45) is 8.34. The Bertz CT molecular complexity index is 863. The Morgan fingerprint density at radius 2 is 2.03 bits per heavy atom. The van der Waals surface area contributed by atoms with E-state index in [-0.39, 0.29) is 24.0 Å². The third-order valence-corrected chi connectivity index (χ3v) is 7.64. The van der Waals surface area contributed by atoms with Gasteiger partial charge in [-0.15, -0.1) is 0 Å². The zero-order valence-corrected chi connectivity index (χ0v) is 19.4. The monoisotopic (exact) mass is 457 g/mol. The van der Waals surface area contributed by atoms with Crippen LogP contribution in [0.1, 0.15) is 50.5 Å². The highest BCUT2D eigenvalue weighted by atomic mass is 16.5. The van der Waals surface area contributed by atoms with E-state index in [1.54, 1.807) is 18.2 Å². The first-order chi connectivity index (χ1) is 15.9. The van der Waals surface area contributed by atoms with Crippen molar-refractivity contribution in [3.05, 3.63) is 29.8 Å². The molecule has 33 heavy (non-hydrogen) atoms. The molecule has 2 aliphatic heterocycles. The van der Waals surface area contributed by atoms with Crippen molar-refractivity contribution in [2.45, 2.75) is 69.1 Å². The van der Waals surface area contributed by atoms with Crippen molar-refractivity contribution in [3.8, 4) is 0 Å². The van der Waals surface area contributed by atoms with Gasteiger partial charge in [0.2, 0.25) is 12.3 Å². The summed E-state index contributed by atoms with van der Waals surface area (Å²) in [6.45, 7) is 2.62. The lowest BCUT2D eigenvalue weighted by Crippen LogP contribution is -2.58. The van der Waals surface area contributed by atoms with Crippen molar-refractivity contribution in [3.63, 3.8) is 0 Å². The molecule has 1 spiro atoms. The number of nitrogens with zero attached hydrogens (tertiary/aromatic N) is 3. The Labute approximate surface area is 195 Å². The highest BCUT2D eigenvalue weighted by Crippen LogP contribution is 2.43. The molecule has 3 aliphatic rings. The number of carboxylic acids is 1. The minimum Gasteiger partial charge on any atom is -0.480 e. The fourth-order valence-corrected chi connectivity index (χ4v) is 5.90. The van der Waals surface area contributed by atoms with Gasteiger partial charge in [0.1, 0.15) is 6.54 Å². The number of likely N-dealkylation sites (tertiary alicyclic amines) is 1. The molecular formula is C25H35N3O5. The molecule has 0 radical (unpaired) electrons. The number of hydrogen-bond acceptors (Lipinski definition) is 5. The lowest BCUT2D eigenvalue weighted by atomic mass is 9.76. The SMILES string of the molecule is CN(C(=O)Cc1cccc(N(C=O)CC(=O)O)c1)[C@@H]1CC[C@]2(CCCO2)C[C@H]1N1CCCC1. The van der Waals surface area contributed by atoms with Crippen LogP contribution in [0.4, 0.5) is 5.69 Å². The molecule has 180 valence electrons. The van der Waals surface area contributed by atoms with Gasteiger partial charge in [0.25, 0.3) is 0 Å². The first-order valence-electron chi connectivity index (χ1n) is 12.1. The zero-order chi connectivity index (χ0) is 23.4. The van der Waals surface area contributed by atoms with E-state index in [9.17, 15) is 14.4 Å². The number of hydrogen-bond donors (Lipinski definition) is 1. The highest BCUT2D eigenvalue weighted by molar-refractivity contribution is 5.85. The molecule has 8 nitrogen and oxygen atoms in total. The van der Waals surface area contributed by atoms with E-state index >= 15 is 0 Å². The maximum atomic E-state index is 13.3. The number of aliphatic carboxylic acids is 1. The second-order valence-electron chi connectivity index (χ2n) is 9.73. The third-order valence-electron chi connectivity index (χ3n) is 7.64. The molecule has 1 saturated carbocycles. The lowest BCUT2D eigenvalue weighted by Gasteiger charge is -2.48. The van der Waals surface area contributed by atoms with Gasteiger partial charge in [0.05, 0.1) is 12.0 Å². The van der Waals surface area contributed by atoms with E-state index in [1.807, 2.05) is 18.0 Å². The Morgan fingerprint density at radius 1 is 1.24 bits per heavy atom. The van der Waals surface area contributed by atoms with Crippen LogP contribution < -0.4 is 4.90 Å². The lowest BCUT2D eigenvalue weighted by molar-refractivity contribution is -0.137. The van der Waals surface area contributed by atoms with Gasteiger partial charge >= 0.3 is 5.97 Å². The molecule has 1 aliphatic carbocycles. The number of carbonyl (C=O) groups excluding carboxylic acids is 2. The van der Waals surface area contributed by atoms with Gasteiger partial charge in [-0.2, -0.15) is 0 Å². The molecule has 8 heteroatoms. The maximum Gasteiger partial charge on any atom is 0.323 e. The average molecular weight is 458 g/mol. The molecule has 2 heterocycles. The molecule has 1 N–H and O–H groups in total. The average Bonchev–Trinajstić information content (AvgIpc) is 3.50. The van der Waals surface area contributed by atoms with Crippen molar-refractivity contribution >= 4 is 24.0 Å². The van der Waals surface area contributed by atoms with Crippen LogP contribution in [-0.4, -0.2) is 84.2 Å². The van der Waals surface area contributed by atoms with E-state index in [4.69, 9.17) is 9.84 Å². The number of amides is 2. The Morgan fingerprint density at radius 3 is 2.70 bits per heavy atom. The van der Waals surface area contributed by atoms with Gasteiger partial charge in [0, 0.05) is 31.4 Å². The van der Waals surface area contributed by atoms with Gasteiger partial charge in [-0.05, 0) is 75.7 Å². The molecule has 2 saturated heterocycles. The number of benzene rings is 1. The molecular weight excluding hydrogens is 422 g/mol. The van der Waals surface area contributed by atoms with Crippen LogP contribution in [0.5, 0.6) is 0 Å². The molecule has 0 aromatic heterocycles. The van der Waals surface area contributed by atoms with E-state index in [2.05, 4.69) is 4.90 Å². The molecule has 3 atom stereocenters. The van der Waals surface area contributed by atoms with Crippen LogP contribution in [0.25, 0.3) is 0 Å². The van der Waals surface area contributed by atoms with Crippen molar-refractivity contribution in [2.24, 2.45) is 0 Å². The number of likely N-dealkylation sites (N-methyl/N-ethyl adjacent to an activating group) is 1. The summed E-state index contributed by atoms with van der Waals surface area (Å²) >= 11 is 0. The fourth-order valence-electron chi connectivity index (χ4n) is 5.90.